The maximum atomic E-state index is 13.2. The highest BCUT2D eigenvalue weighted by Gasteiger charge is 2.07. The van der Waals surface area contributed by atoms with Gasteiger partial charge in [-0.3, -0.25) is 0 Å². The van der Waals surface area contributed by atoms with Crippen molar-refractivity contribution >= 4 is 27.6 Å². The number of anilines is 1. The van der Waals surface area contributed by atoms with Gasteiger partial charge in [-0.25, -0.2) is 9.18 Å². The Balaban J connectivity index is 2.78. The van der Waals surface area contributed by atoms with Gasteiger partial charge < -0.3 is 10.4 Å². The van der Waals surface area contributed by atoms with Crippen LogP contribution in [0.1, 0.15) is 5.56 Å². The highest BCUT2D eigenvalue weighted by atomic mass is 79.9. The number of carboxylic acids is 1. The summed E-state index contributed by atoms with van der Waals surface area (Å²) < 4.78 is 13.6. The quantitative estimate of drug-likeness (QED) is 0.837. The van der Waals surface area contributed by atoms with Crippen LogP contribution >= 0.6 is 15.9 Å². The van der Waals surface area contributed by atoms with E-state index in [1.54, 1.807) is 13.0 Å². The molecule has 0 radical (unpaired) electrons. The molecule has 86 valence electrons. The summed E-state index contributed by atoms with van der Waals surface area (Å²) >= 11 is 3.07. The van der Waals surface area contributed by atoms with Crippen LogP contribution in [-0.4, -0.2) is 17.6 Å². The molecule has 0 aromatic heterocycles. The van der Waals surface area contributed by atoms with Gasteiger partial charge in [0, 0.05) is 17.8 Å². The van der Waals surface area contributed by atoms with E-state index in [4.69, 9.17) is 5.11 Å². The lowest BCUT2D eigenvalue weighted by Gasteiger charge is -2.10. The molecule has 0 spiro atoms. The molecule has 0 saturated heterocycles. The lowest BCUT2D eigenvalue weighted by Crippen LogP contribution is -2.12. The van der Waals surface area contributed by atoms with Gasteiger partial charge in [0.15, 0.2) is 0 Å². The van der Waals surface area contributed by atoms with Crippen molar-refractivity contribution in [2.75, 3.05) is 11.9 Å². The number of hydrogen-bond acceptors (Lipinski definition) is 2. The maximum absolute atomic E-state index is 13.2. The van der Waals surface area contributed by atoms with E-state index in [2.05, 4.69) is 27.8 Å². The van der Waals surface area contributed by atoms with Crippen molar-refractivity contribution in [1.82, 2.24) is 0 Å². The number of carbonyl (C=O) groups is 1. The number of rotatable bonds is 4. The van der Waals surface area contributed by atoms with E-state index in [1.165, 1.54) is 6.07 Å². The second-order valence-corrected chi connectivity index (χ2v) is 4.20. The fourth-order valence-corrected chi connectivity index (χ4v) is 1.57. The second-order valence-electron chi connectivity index (χ2n) is 3.34. The Labute approximate surface area is 101 Å². The molecule has 0 heterocycles. The first kappa shape index (κ1) is 12.7. The number of nitrogens with one attached hydrogen (secondary N) is 1. The Morgan fingerprint density at radius 3 is 2.81 bits per heavy atom. The molecule has 0 aliphatic heterocycles. The van der Waals surface area contributed by atoms with Crippen LogP contribution in [0.25, 0.3) is 0 Å². The summed E-state index contributed by atoms with van der Waals surface area (Å²) in [4.78, 5) is 10.5. The van der Waals surface area contributed by atoms with Crippen molar-refractivity contribution in [2.45, 2.75) is 6.92 Å². The zero-order valence-corrected chi connectivity index (χ0v) is 10.3. The molecular weight excluding hydrogens is 277 g/mol. The monoisotopic (exact) mass is 287 g/mol. The molecule has 1 rings (SSSR count). The molecule has 16 heavy (non-hydrogen) atoms. The number of halogens is 2. The summed E-state index contributed by atoms with van der Waals surface area (Å²) in [6.07, 6.45) is 0. The molecule has 0 aliphatic rings. The van der Waals surface area contributed by atoms with E-state index >= 15 is 0 Å². The molecule has 0 atom stereocenters. The van der Waals surface area contributed by atoms with Gasteiger partial charge in [0.25, 0.3) is 0 Å². The van der Waals surface area contributed by atoms with Crippen LogP contribution in [0.5, 0.6) is 0 Å². The number of hydrogen-bond donors (Lipinski definition) is 2. The Kier molecular flexibility index (Phi) is 4.06. The predicted molar refractivity (Wildman–Crippen MR) is 64.1 cm³/mol. The van der Waals surface area contributed by atoms with Gasteiger partial charge in [-0.2, -0.15) is 0 Å². The molecule has 0 fully saturated rings. The summed E-state index contributed by atoms with van der Waals surface area (Å²) in [6.45, 7) is 5.26. The first-order chi connectivity index (χ1) is 7.41. The standard InChI is InChI=1S/C11H11BrFNO2/c1-6-3-8(12)9(13)4-10(6)14-5-7(2)11(15)16/h3-4,14H,2,5H2,1H3,(H,15,16). The molecule has 1 aromatic rings. The number of aliphatic carboxylic acids is 1. The first-order valence-electron chi connectivity index (χ1n) is 4.52. The SMILES string of the molecule is C=C(CNc1cc(F)c(Br)cc1C)C(=O)O. The summed E-state index contributed by atoms with van der Waals surface area (Å²) in [7, 11) is 0. The van der Waals surface area contributed by atoms with Crippen LogP contribution in [0.2, 0.25) is 0 Å². The van der Waals surface area contributed by atoms with E-state index in [0.717, 1.165) is 5.56 Å². The molecule has 1 aromatic carbocycles. The van der Waals surface area contributed by atoms with Crippen LogP contribution in [0.15, 0.2) is 28.8 Å². The third-order valence-electron chi connectivity index (χ3n) is 2.06. The maximum Gasteiger partial charge on any atom is 0.332 e. The van der Waals surface area contributed by atoms with Crippen molar-refractivity contribution in [1.29, 1.82) is 0 Å². The third-order valence-corrected chi connectivity index (χ3v) is 2.67. The molecule has 0 aliphatic carbocycles. The van der Waals surface area contributed by atoms with Crippen molar-refractivity contribution in [3.8, 4) is 0 Å². The van der Waals surface area contributed by atoms with Crippen LogP contribution in [0.4, 0.5) is 10.1 Å². The highest BCUT2D eigenvalue weighted by molar-refractivity contribution is 9.10. The van der Waals surface area contributed by atoms with E-state index in [9.17, 15) is 9.18 Å². The zero-order chi connectivity index (χ0) is 12.3. The molecule has 5 heteroatoms. The average molecular weight is 288 g/mol. The van der Waals surface area contributed by atoms with Crippen molar-refractivity contribution in [2.24, 2.45) is 0 Å². The second kappa shape index (κ2) is 5.12. The highest BCUT2D eigenvalue weighted by Crippen LogP contribution is 2.23. The van der Waals surface area contributed by atoms with Crippen molar-refractivity contribution < 1.29 is 14.3 Å². The molecule has 0 unspecified atom stereocenters. The number of aryl methyl sites for hydroxylation is 1. The molecule has 0 amide bonds. The molecule has 0 bridgehead atoms. The number of carboxylic acid groups (broad SMARTS) is 1. The van der Waals surface area contributed by atoms with Crippen molar-refractivity contribution in [3.63, 3.8) is 0 Å². The van der Waals surface area contributed by atoms with Crippen LogP contribution in [-0.2, 0) is 4.79 Å². The summed E-state index contributed by atoms with van der Waals surface area (Å²) in [6, 6.07) is 2.94. The van der Waals surface area contributed by atoms with Crippen molar-refractivity contribution in [3.05, 3.63) is 40.1 Å². The predicted octanol–water partition coefficient (Wildman–Crippen LogP) is 2.95. The van der Waals surface area contributed by atoms with Gasteiger partial charge in [0.05, 0.1) is 4.47 Å². The number of benzene rings is 1. The van der Waals surface area contributed by atoms with Gasteiger partial charge in [-0.1, -0.05) is 6.58 Å². The Bertz CT molecular complexity index is 446. The Morgan fingerprint density at radius 2 is 2.25 bits per heavy atom. The van der Waals surface area contributed by atoms with E-state index in [0.29, 0.717) is 10.2 Å². The first-order valence-corrected chi connectivity index (χ1v) is 5.31. The fourth-order valence-electron chi connectivity index (χ4n) is 1.11. The average Bonchev–Trinajstić information content (AvgIpc) is 2.20. The molecule has 0 saturated carbocycles. The third kappa shape index (κ3) is 3.06. The molecule has 3 nitrogen and oxygen atoms in total. The topological polar surface area (TPSA) is 49.3 Å². The smallest absolute Gasteiger partial charge is 0.332 e. The molecular formula is C11H11BrFNO2. The lowest BCUT2D eigenvalue weighted by molar-refractivity contribution is -0.132. The minimum atomic E-state index is -1.07. The van der Waals surface area contributed by atoms with Gasteiger partial charge in [0.1, 0.15) is 5.82 Å². The summed E-state index contributed by atoms with van der Waals surface area (Å²) in [5.41, 5.74) is 1.41. The van der Waals surface area contributed by atoms with E-state index < -0.39 is 11.8 Å². The van der Waals surface area contributed by atoms with Gasteiger partial charge in [-0.05, 0) is 40.5 Å². The Morgan fingerprint density at radius 1 is 1.62 bits per heavy atom. The molecule has 2 N–H and O–H groups in total. The zero-order valence-electron chi connectivity index (χ0n) is 8.68. The summed E-state index contributed by atoms with van der Waals surface area (Å²) in [5.74, 6) is -1.46. The van der Waals surface area contributed by atoms with Crippen LogP contribution in [0.3, 0.4) is 0 Å². The fraction of sp³-hybridized carbons (Fsp3) is 0.182. The minimum absolute atomic E-state index is 0.0303. The lowest BCUT2D eigenvalue weighted by atomic mass is 10.2. The van der Waals surface area contributed by atoms with Gasteiger partial charge in [-0.15, -0.1) is 0 Å². The van der Waals surface area contributed by atoms with Crippen LogP contribution < -0.4 is 5.32 Å². The summed E-state index contributed by atoms with van der Waals surface area (Å²) in [5, 5.41) is 11.4. The van der Waals surface area contributed by atoms with E-state index in [-0.39, 0.29) is 12.1 Å². The van der Waals surface area contributed by atoms with Gasteiger partial charge in [0.2, 0.25) is 0 Å². The minimum Gasteiger partial charge on any atom is -0.478 e. The normalized spacial score (nSPS) is 9.94. The largest absolute Gasteiger partial charge is 0.478 e. The van der Waals surface area contributed by atoms with Crippen LogP contribution in [0, 0.1) is 12.7 Å². The van der Waals surface area contributed by atoms with Gasteiger partial charge >= 0.3 is 5.97 Å². The van der Waals surface area contributed by atoms with E-state index in [1.807, 2.05) is 0 Å². The Hall–Kier alpha value is -1.36.